The smallest absolute Gasteiger partial charge is 0.422 e. The lowest BCUT2D eigenvalue weighted by Gasteiger charge is -2.18. The molecule has 0 saturated carbocycles. The van der Waals surface area contributed by atoms with E-state index in [0.29, 0.717) is 11.3 Å². The molecule has 1 atom stereocenters. The first-order valence-electron chi connectivity index (χ1n) is 8.70. The van der Waals surface area contributed by atoms with Gasteiger partial charge in [0.05, 0.1) is 11.6 Å². The molecule has 2 heterocycles. The molecule has 0 spiro atoms. The van der Waals surface area contributed by atoms with E-state index >= 15 is 0 Å². The number of anilines is 1. The second-order valence-electron chi connectivity index (χ2n) is 6.45. The number of pyridine rings is 1. The second kappa shape index (κ2) is 8.81. The molecule has 10 heteroatoms. The molecule has 6 nitrogen and oxygen atoms in total. The Morgan fingerprint density at radius 3 is 2.76 bits per heavy atom. The van der Waals surface area contributed by atoms with Gasteiger partial charge in [-0.15, -0.1) is 0 Å². The number of ether oxygens (including phenoxy) is 1. The van der Waals surface area contributed by atoms with Gasteiger partial charge in [0, 0.05) is 35.7 Å². The molecule has 1 saturated heterocycles. The SMILES string of the molecule is O=C(NCc1cccnc1OCC(F)(F)F)C1CC(=O)N(c2ccccc2Br)C1. The van der Waals surface area contributed by atoms with Crippen molar-refractivity contribution >= 4 is 33.4 Å². The van der Waals surface area contributed by atoms with Crippen molar-refractivity contribution in [3.8, 4) is 5.88 Å². The molecule has 0 bridgehead atoms. The minimum Gasteiger partial charge on any atom is -0.468 e. The Bertz CT molecular complexity index is 908. The monoisotopic (exact) mass is 471 g/mol. The van der Waals surface area contributed by atoms with Gasteiger partial charge in [-0.05, 0) is 34.1 Å². The highest BCUT2D eigenvalue weighted by Crippen LogP contribution is 2.31. The zero-order valence-corrected chi connectivity index (χ0v) is 16.7. The van der Waals surface area contributed by atoms with Crippen LogP contribution >= 0.6 is 15.9 Å². The number of nitrogens with one attached hydrogen (secondary N) is 1. The summed E-state index contributed by atoms with van der Waals surface area (Å²) in [4.78, 5) is 30.2. The van der Waals surface area contributed by atoms with E-state index in [0.717, 1.165) is 4.47 Å². The van der Waals surface area contributed by atoms with Crippen LogP contribution in [0.25, 0.3) is 0 Å². The fraction of sp³-hybridized carbons (Fsp3) is 0.316. The van der Waals surface area contributed by atoms with Gasteiger partial charge >= 0.3 is 6.18 Å². The summed E-state index contributed by atoms with van der Waals surface area (Å²) in [6, 6.07) is 10.3. The summed E-state index contributed by atoms with van der Waals surface area (Å²) < 4.78 is 42.6. The van der Waals surface area contributed by atoms with Crippen LogP contribution in [-0.2, 0) is 16.1 Å². The molecule has 2 amide bonds. The molecule has 2 aromatic rings. The van der Waals surface area contributed by atoms with Crippen LogP contribution in [0.15, 0.2) is 47.1 Å². The molecule has 1 aliphatic heterocycles. The molecular weight excluding hydrogens is 455 g/mol. The number of alkyl halides is 3. The molecule has 1 aliphatic rings. The predicted molar refractivity (Wildman–Crippen MR) is 102 cm³/mol. The Balaban J connectivity index is 1.61. The molecule has 1 aromatic heterocycles. The maximum atomic E-state index is 12.5. The fourth-order valence-electron chi connectivity index (χ4n) is 2.95. The van der Waals surface area contributed by atoms with E-state index in [-0.39, 0.29) is 37.2 Å². The van der Waals surface area contributed by atoms with Gasteiger partial charge in [-0.25, -0.2) is 4.98 Å². The second-order valence-corrected chi connectivity index (χ2v) is 7.30. The van der Waals surface area contributed by atoms with Crippen LogP contribution in [-0.4, -0.2) is 36.1 Å². The molecule has 154 valence electrons. The Labute approximate surface area is 173 Å². The van der Waals surface area contributed by atoms with Gasteiger partial charge in [0.25, 0.3) is 0 Å². The van der Waals surface area contributed by atoms with E-state index in [2.05, 4.69) is 26.2 Å². The highest BCUT2D eigenvalue weighted by atomic mass is 79.9. The van der Waals surface area contributed by atoms with Crippen molar-refractivity contribution in [1.82, 2.24) is 10.3 Å². The summed E-state index contributed by atoms with van der Waals surface area (Å²) in [6.07, 6.45) is -3.13. The van der Waals surface area contributed by atoms with E-state index < -0.39 is 18.7 Å². The van der Waals surface area contributed by atoms with Crippen molar-refractivity contribution in [2.45, 2.75) is 19.1 Å². The zero-order valence-electron chi connectivity index (χ0n) is 15.1. The molecule has 0 aliphatic carbocycles. The van der Waals surface area contributed by atoms with Crippen LogP contribution in [0.4, 0.5) is 18.9 Å². The van der Waals surface area contributed by atoms with Gasteiger partial charge in [-0.3, -0.25) is 9.59 Å². The molecule has 1 aromatic carbocycles. The molecule has 0 radical (unpaired) electrons. The number of para-hydroxylation sites is 1. The summed E-state index contributed by atoms with van der Waals surface area (Å²) in [5.41, 5.74) is 1.000. The first-order valence-corrected chi connectivity index (χ1v) is 9.50. The van der Waals surface area contributed by atoms with Crippen LogP contribution in [0.1, 0.15) is 12.0 Å². The number of rotatable bonds is 6. The molecule has 29 heavy (non-hydrogen) atoms. The quantitative estimate of drug-likeness (QED) is 0.700. The molecule has 1 fully saturated rings. The van der Waals surface area contributed by atoms with E-state index in [9.17, 15) is 22.8 Å². The standard InChI is InChI=1S/C19H17BrF3N3O3/c20-14-5-1-2-6-15(14)26-10-13(8-16(26)27)17(28)25-9-12-4-3-7-24-18(12)29-11-19(21,22)23/h1-7,13H,8-11H2,(H,25,28). The number of hydrogen-bond acceptors (Lipinski definition) is 4. The average Bonchev–Trinajstić information content (AvgIpc) is 3.06. The molecule has 3 rings (SSSR count). The van der Waals surface area contributed by atoms with Gasteiger partial charge < -0.3 is 15.0 Å². The van der Waals surface area contributed by atoms with Crippen LogP contribution < -0.4 is 15.0 Å². The lowest BCUT2D eigenvalue weighted by Crippen LogP contribution is -2.33. The minimum absolute atomic E-state index is 0.0532. The average molecular weight is 472 g/mol. The molecule has 1 N–H and O–H groups in total. The number of benzene rings is 1. The summed E-state index contributed by atoms with van der Waals surface area (Å²) >= 11 is 3.39. The first-order chi connectivity index (χ1) is 13.7. The van der Waals surface area contributed by atoms with Crippen molar-refractivity contribution < 1.29 is 27.5 Å². The Hall–Kier alpha value is -2.62. The number of carbonyl (C=O) groups is 2. The van der Waals surface area contributed by atoms with Gasteiger partial charge in [-0.1, -0.05) is 18.2 Å². The Kier molecular flexibility index (Phi) is 6.41. The number of hydrogen-bond donors (Lipinski definition) is 1. The number of amides is 2. The maximum absolute atomic E-state index is 12.5. The molecule has 1 unspecified atom stereocenters. The summed E-state index contributed by atoms with van der Waals surface area (Å²) in [7, 11) is 0. The van der Waals surface area contributed by atoms with Crippen molar-refractivity contribution in [3.63, 3.8) is 0 Å². The van der Waals surface area contributed by atoms with E-state index in [4.69, 9.17) is 4.74 Å². The number of carbonyl (C=O) groups excluding carboxylic acids is 2. The summed E-state index contributed by atoms with van der Waals surface area (Å²) in [6.45, 7) is -1.31. The summed E-state index contributed by atoms with van der Waals surface area (Å²) in [5.74, 6) is -1.29. The highest BCUT2D eigenvalue weighted by Gasteiger charge is 2.35. The lowest BCUT2D eigenvalue weighted by atomic mass is 10.1. The minimum atomic E-state index is -4.49. The lowest BCUT2D eigenvalue weighted by molar-refractivity contribution is -0.154. The highest BCUT2D eigenvalue weighted by molar-refractivity contribution is 9.10. The third kappa shape index (κ3) is 5.47. The predicted octanol–water partition coefficient (Wildman–Crippen LogP) is 3.45. The van der Waals surface area contributed by atoms with Crippen molar-refractivity contribution in [2.75, 3.05) is 18.1 Å². The van der Waals surface area contributed by atoms with Crippen LogP contribution in [0.5, 0.6) is 5.88 Å². The number of halogens is 4. The van der Waals surface area contributed by atoms with Gasteiger partial charge in [0.2, 0.25) is 17.7 Å². The Morgan fingerprint density at radius 2 is 2.03 bits per heavy atom. The van der Waals surface area contributed by atoms with E-state index in [1.807, 2.05) is 6.07 Å². The normalized spacial score (nSPS) is 16.8. The van der Waals surface area contributed by atoms with Gasteiger partial charge in [0.15, 0.2) is 6.61 Å². The number of aromatic nitrogens is 1. The fourth-order valence-corrected chi connectivity index (χ4v) is 3.45. The van der Waals surface area contributed by atoms with Crippen LogP contribution in [0.2, 0.25) is 0 Å². The van der Waals surface area contributed by atoms with Gasteiger partial charge in [-0.2, -0.15) is 13.2 Å². The van der Waals surface area contributed by atoms with Crippen molar-refractivity contribution in [2.24, 2.45) is 5.92 Å². The van der Waals surface area contributed by atoms with E-state index in [1.165, 1.54) is 23.2 Å². The topological polar surface area (TPSA) is 71.5 Å². The first kappa shape index (κ1) is 21.1. The van der Waals surface area contributed by atoms with Crippen molar-refractivity contribution in [3.05, 3.63) is 52.6 Å². The van der Waals surface area contributed by atoms with Crippen LogP contribution in [0, 0.1) is 5.92 Å². The molecular formula is C19H17BrF3N3O3. The van der Waals surface area contributed by atoms with E-state index in [1.54, 1.807) is 18.2 Å². The van der Waals surface area contributed by atoms with Crippen molar-refractivity contribution in [1.29, 1.82) is 0 Å². The largest absolute Gasteiger partial charge is 0.468 e. The Morgan fingerprint density at radius 1 is 1.28 bits per heavy atom. The maximum Gasteiger partial charge on any atom is 0.422 e. The third-order valence-corrected chi connectivity index (χ3v) is 4.99. The third-order valence-electron chi connectivity index (χ3n) is 4.31. The van der Waals surface area contributed by atoms with Crippen LogP contribution in [0.3, 0.4) is 0 Å². The number of nitrogens with zero attached hydrogens (tertiary/aromatic N) is 2. The summed E-state index contributed by atoms with van der Waals surface area (Å²) in [5, 5.41) is 2.65. The zero-order chi connectivity index (χ0) is 21.0. The van der Waals surface area contributed by atoms with Gasteiger partial charge in [0.1, 0.15) is 0 Å².